The monoisotopic (exact) mass is 192 g/mol. The second-order valence-electron chi connectivity index (χ2n) is 2.80. The average Bonchev–Trinajstić information content (AvgIpc) is 1.95. The third kappa shape index (κ3) is 2.76. The molecular formula is C6H14N2OP2. The first-order valence-corrected chi connectivity index (χ1v) is 4.62. The van der Waals surface area contributed by atoms with Gasteiger partial charge in [0.15, 0.2) is 0 Å². The van der Waals surface area contributed by atoms with Crippen LogP contribution in [0.2, 0.25) is 0 Å². The SMILES string of the molecule is N=C1CCC(COP)N(P)C1. The molecule has 1 saturated heterocycles. The van der Waals surface area contributed by atoms with Crippen molar-refractivity contribution in [2.75, 3.05) is 13.2 Å². The lowest BCUT2D eigenvalue weighted by atomic mass is 10.0. The molecule has 0 spiro atoms. The van der Waals surface area contributed by atoms with Gasteiger partial charge in [0.1, 0.15) is 0 Å². The number of hydrogen-bond donors (Lipinski definition) is 1. The molecule has 11 heavy (non-hydrogen) atoms. The summed E-state index contributed by atoms with van der Waals surface area (Å²) in [4.78, 5) is 0. The van der Waals surface area contributed by atoms with E-state index in [4.69, 9.17) is 9.93 Å². The first-order valence-electron chi connectivity index (χ1n) is 3.63. The van der Waals surface area contributed by atoms with E-state index in [-0.39, 0.29) is 0 Å². The Balaban J connectivity index is 2.37. The summed E-state index contributed by atoms with van der Waals surface area (Å²) in [6, 6.07) is 0.464. The van der Waals surface area contributed by atoms with Gasteiger partial charge >= 0.3 is 0 Å². The summed E-state index contributed by atoms with van der Waals surface area (Å²) in [5.74, 6) is 0. The molecule has 0 saturated carbocycles. The van der Waals surface area contributed by atoms with E-state index in [2.05, 4.69) is 23.5 Å². The molecule has 3 unspecified atom stereocenters. The van der Waals surface area contributed by atoms with E-state index in [0.29, 0.717) is 6.04 Å². The molecule has 0 bridgehead atoms. The minimum atomic E-state index is 0.464. The van der Waals surface area contributed by atoms with Gasteiger partial charge in [-0.1, -0.05) is 9.39 Å². The van der Waals surface area contributed by atoms with E-state index in [0.717, 1.165) is 31.7 Å². The van der Waals surface area contributed by atoms with Gasteiger partial charge in [-0.25, -0.2) is 0 Å². The molecule has 0 aromatic rings. The lowest BCUT2D eigenvalue weighted by Crippen LogP contribution is -2.39. The van der Waals surface area contributed by atoms with Crippen LogP contribution >= 0.6 is 18.9 Å². The van der Waals surface area contributed by atoms with Crippen LogP contribution in [0.25, 0.3) is 0 Å². The summed E-state index contributed by atoms with van der Waals surface area (Å²) in [6.45, 7) is 1.50. The van der Waals surface area contributed by atoms with E-state index in [1.165, 1.54) is 0 Å². The molecule has 1 aliphatic rings. The van der Waals surface area contributed by atoms with Crippen LogP contribution in [0.1, 0.15) is 12.8 Å². The minimum absolute atomic E-state index is 0.464. The zero-order valence-corrected chi connectivity index (χ0v) is 8.73. The van der Waals surface area contributed by atoms with Gasteiger partial charge in [0, 0.05) is 27.8 Å². The highest BCUT2D eigenvalue weighted by atomic mass is 31.0. The van der Waals surface area contributed by atoms with Gasteiger partial charge in [-0.05, 0) is 12.8 Å². The molecular weight excluding hydrogens is 178 g/mol. The number of hydrogen-bond acceptors (Lipinski definition) is 3. The van der Waals surface area contributed by atoms with Crippen LogP contribution < -0.4 is 0 Å². The zero-order chi connectivity index (χ0) is 8.27. The standard InChI is InChI=1S/C6H14N2OP2/c7-5-1-2-6(4-9-11)8(10)3-5/h6-7H,1-4,10-11H2. The summed E-state index contributed by atoms with van der Waals surface area (Å²) in [6.07, 6.45) is 1.96. The summed E-state index contributed by atoms with van der Waals surface area (Å²) < 4.78 is 7.07. The molecule has 1 rings (SSSR count). The van der Waals surface area contributed by atoms with E-state index in [1.807, 2.05) is 0 Å². The predicted molar refractivity (Wildman–Crippen MR) is 52.8 cm³/mol. The van der Waals surface area contributed by atoms with Crippen LogP contribution in [0.5, 0.6) is 0 Å². The molecule has 1 fully saturated rings. The van der Waals surface area contributed by atoms with Crippen molar-refractivity contribution in [2.45, 2.75) is 18.9 Å². The van der Waals surface area contributed by atoms with Crippen LogP contribution in [0.15, 0.2) is 0 Å². The van der Waals surface area contributed by atoms with E-state index >= 15 is 0 Å². The van der Waals surface area contributed by atoms with Crippen molar-refractivity contribution in [2.24, 2.45) is 0 Å². The number of nitrogens with one attached hydrogen (secondary N) is 1. The molecule has 0 radical (unpaired) electrons. The largest absolute Gasteiger partial charge is 0.364 e. The molecule has 0 aliphatic carbocycles. The Kier molecular flexibility index (Phi) is 3.88. The van der Waals surface area contributed by atoms with Crippen molar-refractivity contribution < 1.29 is 4.52 Å². The summed E-state index contributed by atoms with van der Waals surface area (Å²) in [7, 11) is 4.91. The average molecular weight is 192 g/mol. The number of rotatable bonds is 2. The maximum Gasteiger partial charge on any atom is 0.0661 e. The lowest BCUT2D eigenvalue weighted by Gasteiger charge is -2.31. The van der Waals surface area contributed by atoms with Gasteiger partial charge in [0.05, 0.1) is 6.61 Å². The molecule has 3 atom stereocenters. The zero-order valence-electron chi connectivity index (χ0n) is 6.42. The number of piperidine rings is 1. The Hall–Kier alpha value is 0.450. The van der Waals surface area contributed by atoms with Gasteiger partial charge in [-0.15, -0.1) is 0 Å². The minimum Gasteiger partial charge on any atom is -0.364 e. The van der Waals surface area contributed by atoms with Crippen LogP contribution in [0.4, 0.5) is 0 Å². The van der Waals surface area contributed by atoms with Gasteiger partial charge in [-0.2, -0.15) is 0 Å². The van der Waals surface area contributed by atoms with E-state index in [9.17, 15) is 0 Å². The summed E-state index contributed by atoms with van der Waals surface area (Å²) >= 11 is 0. The predicted octanol–water partition coefficient (Wildman–Crippen LogP) is 1.07. The van der Waals surface area contributed by atoms with Crippen molar-refractivity contribution in [1.29, 1.82) is 5.41 Å². The number of nitrogens with zero attached hydrogens (tertiary/aromatic N) is 1. The Labute approximate surface area is 71.9 Å². The van der Waals surface area contributed by atoms with Gasteiger partial charge in [-0.3, -0.25) is 4.67 Å². The molecule has 64 valence electrons. The fourth-order valence-electron chi connectivity index (χ4n) is 1.23. The first-order chi connectivity index (χ1) is 5.24. The van der Waals surface area contributed by atoms with Crippen molar-refractivity contribution in [3.8, 4) is 0 Å². The van der Waals surface area contributed by atoms with Crippen LogP contribution in [0, 0.1) is 5.41 Å². The molecule has 1 aliphatic heterocycles. The normalized spacial score (nSPS) is 27.5. The van der Waals surface area contributed by atoms with Crippen molar-refractivity contribution >= 4 is 24.6 Å². The Morgan fingerprint density at radius 3 is 3.00 bits per heavy atom. The topological polar surface area (TPSA) is 36.3 Å². The Bertz CT molecular complexity index is 154. The highest BCUT2D eigenvalue weighted by molar-refractivity contribution is 7.13. The van der Waals surface area contributed by atoms with Crippen molar-refractivity contribution in [1.82, 2.24) is 4.67 Å². The quantitative estimate of drug-likeness (QED) is 0.664. The van der Waals surface area contributed by atoms with Crippen LogP contribution in [-0.4, -0.2) is 29.6 Å². The smallest absolute Gasteiger partial charge is 0.0661 e. The second kappa shape index (κ2) is 4.47. The summed E-state index contributed by atoms with van der Waals surface area (Å²) in [5.41, 5.74) is 0.819. The Morgan fingerprint density at radius 2 is 2.45 bits per heavy atom. The maximum atomic E-state index is 7.44. The van der Waals surface area contributed by atoms with Gasteiger partial charge < -0.3 is 9.93 Å². The third-order valence-corrected chi connectivity index (χ3v) is 2.71. The Morgan fingerprint density at radius 1 is 1.73 bits per heavy atom. The lowest BCUT2D eigenvalue weighted by molar-refractivity contribution is 0.231. The van der Waals surface area contributed by atoms with Gasteiger partial charge in [0.2, 0.25) is 0 Å². The molecule has 0 amide bonds. The fraction of sp³-hybridized carbons (Fsp3) is 0.833. The molecule has 0 aromatic carbocycles. The molecule has 5 heteroatoms. The van der Waals surface area contributed by atoms with Crippen LogP contribution in [0.3, 0.4) is 0 Å². The highest BCUT2D eigenvalue weighted by Gasteiger charge is 2.21. The van der Waals surface area contributed by atoms with E-state index in [1.54, 1.807) is 0 Å². The first kappa shape index (κ1) is 9.54. The van der Waals surface area contributed by atoms with Crippen molar-refractivity contribution in [3.63, 3.8) is 0 Å². The second-order valence-corrected chi connectivity index (χ2v) is 3.80. The van der Waals surface area contributed by atoms with Crippen molar-refractivity contribution in [3.05, 3.63) is 0 Å². The third-order valence-electron chi connectivity index (χ3n) is 1.91. The maximum absolute atomic E-state index is 7.44. The molecule has 0 aromatic heterocycles. The van der Waals surface area contributed by atoms with Gasteiger partial charge in [0.25, 0.3) is 0 Å². The van der Waals surface area contributed by atoms with E-state index < -0.39 is 0 Å². The molecule has 1 N–H and O–H groups in total. The van der Waals surface area contributed by atoms with Crippen LogP contribution in [-0.2, 0) is 4.52 Å². The molecule has 3 nitrogen and oxygen atoms in total. The fourth-order valence-corrected chi connectivity index (χ4v) is 1.90. The highest BCUT2D eigenvalue weighted by Crippen LogP contribution is 2.19. The molecule has 1 heterocycles. The summed E-state index contributed by atoms with van der Waals surface area (Å²) in [5, 5.41) is 7.44.